The summed E-state index contributed by atoms with van der Waals surface area (Å²) in [5, 5.41) is 26.3. The molecular formula is C20H31N7O5. The van der Waals surface area contributed by atoms with E-state index in [1.165, 1.54) is 24.1 Å². The van der Waals surface area contributed by atoms with Crippen molar-refractivity contribution in [2.45, 2.75) is 70.0 Å². The summed E-state index contributed by atoms with van der Waals surface area (Å²) in [5.41, 5.74) is 6.47. The van der Waals surface area contributed by atoms with Gasteiger partial charge in [-0.25, -0.2) is 15.0 Å². The van der Waals surface area contributed by atoms with Gasteiger partial charge in [0.05, 0.1) is 6.33 Å². The molecule has 0 aromatic carbocycles. The van der Waals surface area contributed by atoms with E-state index in [4.69, 9.17) is 10.5 Å². The highest BCUT2D eigenvalue weighted by molar-refractivity contribution is 5.82. The van der Waals surface area contributed by atoms with Crippen molar-refractivity contribution in [3.8, 4) is 0 Å². The first-order chi connectivity index (χ1) is 15.4. The molecule has 2 aromatic heterocycles. The molecule has 3 rings (SSSR count). The molecular weight excluding hydrogens is 418 g/mol. The van der Waals surface area contributed by atoms with Crippen LogP contribution < -0.4 is 16.4 Å². The van der Waals surface area contributed by atoms with Crippen molar-refractivity contribution in [3.63, 3.8) is 0 Å². The van der Waals surface area contributed by atoms with Gasteiger partial charge < -0.3 is 31.3 Å². The molecule has 12 heteroatoms. The summed E-state index contributed by atoms with van der Waals surface area (Å²) in [7, 11) is 0. The molecule has 1 fully saturated rings. The molecule has 0 radical (unpaired) electrons. The average Bonchev–Trinajstić information content (AvgIpc) is 3.31. The van der Waals surface area contributed by atoms with Crippen molar-refractivity contribution in [2.75, 3.05) is 18.8 Å². The summed E-state index contributed by atoms with van der Waals surface area (Å²) in [6.45, 7) is 2.67. The van der Waals surface area contributed by atoms with Crippen molar-refractivity contribution in [1.29, 1.82) is 0 Å². The van der Waals surface area contributed by atoms with Crippen LogP contribution in [0, 0.1) is 0 Å². The number of carbonyl (C=O) groups is 2. The summed E-state index contributed by atoms with van der Waals surface area (Å²) in [5.74, 6) is -0.301. The van der Waals surface area contributed by atoms with Crippen LogP contribution in [-0.2, 0) is 14.3 Å². The van der Waals surface area contributed by atoms with Gasteiger partial charge in [-0.1, -0.05) is 25.7 Å². The first-order valence-electron chi connectivity index (χ1n) is 10.9. The Labute approximate surface area is 185 Å². The minimum absolute atomic E-state index is 0.00650. The summed E-state index contributed by atoms with van der Waals surface area (Å²) < 4.78 is 7.10. The molecule has 0 unspecified atom stereocenters. The number of carbonyl (C=O) groups excluding carboxylic acids is 2. The van der Waals surface area contributed by atoms with Gasteiger partial charge >= 0.3 is 0 Å². The molecule has 1 saturated heterocycles. The van der Waals surface area contributed by atoms with E-state index < -0.39 is 30.4 Å². The van der Waals surface area contributed by atoms with Crippen LogP contribution in [0.1, 0.15) is 51.7 Å². The van der Waals surface area contributed by atoms with Gasteiger partial charge in [-0.2, -0.15) is 0 Å². The number of hydrogen-bond donors (Lipinski definition) is 5. The van der Waals surface area contributed by atoms with E-state index in [0.717, 1.165) is 38.5 Å². The third-order valence-electron chi connectivity index (χ3n) is 5.43. The number of nitrogen functional groups attached to an aromatic ring is 1. The zero-order chi connectivity index (χ0) is 23.1. The van der Waals surface area contributed by atoms with Gasteiger partial charge in [0.1, 0.15) is 24.1 Å². The molecule has 32 heavy (non-hydrogen) atoms. The highest BCUT2D eigenvalue weighted by atomic mass is 16.6. The summed E-state index contributed by atoms with van der Waals surface area (Å²) in [6.07, 6.45) is 3.56. The summed E-state index contributed by atoms with van der Waals surface area (Å²) in [6, 6.07) is 0. The van der Waals surface area contributed by atoms with Crippen molar-refractivity contribution in [3.05, 3.63) is 12.7 Å². The number of fused-ring (bicyclic) bond motifs is 1. The Hall–Kier alpha value is -2.83. The molecule has 2 aromatic rings. The SMILES string of the molecule is CC(=O)NCCCCCCCCNC(=O)[C@H]1O[C@@H](n2cnc3c(N)ncnc32)[C@H](O)[C@@H]1O. The van der Waals surface area contributed by atoms with Gasteiger partial charge in [0, 0.05) is 20.0 Å². The number of unbranched alkanes of at least 4 members (excludes halogenated alkanes) is 5. The molecule has 0 saturated carbocycles. The molecule has 0 spiro atoms. The Balaban J connectivity index is 1.40. The van der Waals surface area contributed by atoms with Crippen LogP contribution in [0.2, 0.25) is 0 Å². The number of rotatable bonds is 11. The maximum Gasteiger partial charge on any atom is 0.252 e. The predicted octanol–water partition coefficient (Wildman–Crippen LogP) is -0.379. The van der Waals surface area contributed by atoms with E-state index in [0.29, 0.717) is 24.3 Å². The second kappa shape index (κ2) is 11.2. The fourth-order valence-electron chi connectivity index (χ4n) is 3.70. The number of nitrogens with two attached hydrogens (primary N) is 1. The lowest BCUT2D eigenvalue weighted by Gasteiger charge is -2.16. The monoisotopic (exact) mass is 449 g/mol. The molecule has 6 N–H and O–H groups in total. The number of nitrogens with one attached hydrogen (secondary N) is 2. The number of nitrogens with zero attached hydrogens (tertiary/aromatic N) is 4. The van der Waals surface area contributed by atoms with Crippen molar-refractivity contribution >= 4 is 28.8 Å². The van der Waals surface area contributed by atoms with Crippen molar-refractivity contribution in [2.24, 2.45) is 0 Å². The second-order valence-electron chi connectivity index (χ2n) is 7.91. The standard InChI is InChI=1S/C20H31N7O5/c1-12(28)22-8-6-4-2-3-5-7-9-23-19(31)16-14(29)15(30)20(32-16)27-11-26-13-17(21)24-10-25-18(13)27/h10-11,14-16,20,29-30H,2-9H2,1H3,(H,22,28)(H,23,31)(H2,21,24,25)/t14-,15+,16-,20+/m0/s1. The fraction of sp³-hybridized carbons (Fsp3) is 0.650. The van der Waals surface area contributed by atoms with Gasteiger partial charge in [0.2, 0.25) is 5.91 Å². The minimum Gasteiger partial charge on any atom is -0.387 e. The van der Waals surface area contributed by atoms with Gasteiger partial charge in [-0.05, 0) is 12.8 Å². The number of aliphatic hydroxyl groups is 2. The average molecular weight is 450 g/mol. The highest BCUT2D eigenvalue weighted by Crippen LogP contribution is 2.32. The number of imidazole rings is 1. The number of anilines is 1. The van der Waals surface area contributed by atoms with Gasteiger partial charge in [-0.3, -0.25) is 14.2 Å². The lowest BCUT2D eigenvalue weighted by Crippen LogP contribution is -2.43. The Morgan fingerprint density at radius 1 is 1.03 bits per heavy atom. The minimum atomic E-state index is -1.39. The van der Waals surface area contributed by atoms with E-state index >= 15 is 0 Å². The third-order valence-corrected chi connectivity index (χ3v) is 5.43. The highest BCUT2D eigenvalue weighted by Gasteiger charge is 2.47. The Morgan fingerprint density at radius 3 is 2.38 bits per heavy atom. The summed E-state index contributed by atoms with van der Waals surface area (Å²) in [4.78, 5) is 35.4. The van der Waals surface area contributed by atoms with Crippen LogP contribution in [0.5, 0.6) is 0 Å². The van der Waals surface area contributed by atoms with Gasteiger partial charge in [0.25, 0.3) is 5.91 Å². The maximum atomic E-state index is 12.5. The molecule has 1 aliphatic heterocycles. The molecule has 176 valence electrons. The Bertz CT molecular complexity index is 921. The van der Waals surface area contributed by atoms with E-state index in [9.17, 15) is 19.8 Å². The van der Waals surface area contributed by atoms with Crippen molar-refractivity contribution in [1.82, 2.24) is 30.2 Å². The van der Waals surface area contributed by atoms with E-state index in [1.807, 2.05) is 0 Å². The lowest BCUT2D eigenvalue weighted by molar-refractivity contribution is -0.137. The van der Waals surface area contributed by atoms with E-state index in [2.05, 4.69) is 25.6 Å². The van der Waals surface area contributed by atoms with Crippen LogP contribution >= 0.6 is 0 Å². The van der Waals surface area contributed by atoms with Gasteiger partial charge in [0.15, 0.2) is 23.8 Å². The topological polar surface area (TPSA) is 178 Å². The molecule has 12 nitrogen and oxygen atoms in total. The van der Waals surface area contributed by atoms with Gasteiger partial charge in [-0.15, -0.1) is 0 Å². The molecule has 0 bridgehead atoms. The quantitative estimate of drug-likeness (QED) is 0.286. The zero-order valence-electron chi connectivity index (χ0n) is 18.1. The molecule has 4 atom stereocenters. The van der Waals surface area contributed by atoms with E-state index in [-0.39, 0.29) is 11.7 Å². The number of amides is 2. The predicted molar refractivity (Wildman–Crippen MR) is 115 cm³/mol. The lowest BCUT2D eigenvalue weighted by atomic mass is 10.1. The first-order valence-corrected chi connectivity index (χ1v) is 10.9. The summed E-state index contributed by atoms with van der Waals surface area (Å²) >= 11 is 0. The number of aliphatic hydroxyl groups excluding tert-OH is 2. The van der Waals surface area contributed by atoms with Crippen LogP contribution in [0.4, 0.5) is 5.82 Å². The number of ether oxygens (including phenoxy) is 1. The molecule has 0 aliphatic carbocycles. The number of hydrogen-bond acceptors (Lipinski definition) is 9. The molecule has 1 aliphatic rings. The van der Waals surface area contributed by atoms with Crippen LogP contribution in [0.3, 0.4) is 0 Å². The first kappa shape index (κ1) is 23.8. The number of aromatic nitrogens is 4. The normalized spacial score (nSPS) is 22.8. The Kier molecular flexibility index (Phi) is 8.31. The van der Waals surface area contributed by atoms with Crippen LogP contribution in [-0.4, -0.2) is 72.9 Å². The third kappa shape index (κ3) is 5.69. The second-order valence-corrected chi connectivity index (χ2v) is 7.91. The van der Waals surface area contributed by atoms with Crippen LogP contribution in [0.15, 0.2) is 12.7 Å². The molecule has 2 amide bonds. The smallest absolute Gasteiger partial charge is 0.252 e. The zero-order valence-corrected chi connectivity index (χ0v) is 18.1. The van der Waals surface area contributed by atoms with Crippen LogP contribution in [0.25, 0.3) is 11.2 Å². The maximum absolute atomic E-state index is 12.5. The largest absolute Gasteiger partial charge is 0.387 e. The van der Waals surface area contributed by atoms with E-state index in [1.54, 1.807) is 0 Å². The fourth-order valence-corrected chi connectivity index (χ4v) is 3.70. The van der Waals surface area contributed by atoms with Crippen molar-refractivity contribution < 1.29 is 24.5 Å². The molecule has 3 heterocycles. The Morgan fingerprint density at radius 2 is 1.69 bits per heavy atom.